The molecular weight excluding hydrogens is 424 g/mol. The van der Waals surface area contributed by atoms with Crippen LogP contribution in [0.15, 0.2) is 35.4 Å². The zero-order valence-electron chi connectivity index (χ0n) is 18.7. The van der Waals surface area contributed by atoms with Crippen molar-refractivity contribution in [2.75, 3.05) is 51.9 Å². The number of ether oxygens (including phenoxy) is 2. The lowest BCUT2D eigenvalue weighted by atomic mass is 10.1. The topological polar surface area (TPSA) is 114 Å². The van der Waals surface area contributed by atoms with Crippen molar-refractivity contribution in [1.82, 2.24) is 19.4 Å². The molecule has 10 nitrogen and oxygen atoms in total. The Hall–Kier alpha value is -3.68. The summed E-state index contributed by atoms with van der Waals surface area (Å²) >= 11 is 0. The molecule has 0 bridgehead atoms. The van der Waals surface area contributed by atoms with E-state index in [2.05, 4.69) is 21.3 Å². The molecule has 0 amide bonds. The number of nitrogens with zero attached hydrogens (tertiary/aromatic N) is 5. The first-order valence-corrected chi connectivity index (χ1v) is 10.7. The second-order valence-electron chi connectivity index (χ2n) is 7.72. The monoisotopic (exact) mass is 450 g/mol. The molecule has 1 aliphatic heterocycles. The molecule has 1 N–H and O–H groups in total. The molecule has 3 aromatic rings. The van der Waals surface area contributed by atoms with Gasteiger partial charge >= 0.3 is 0 Å². The summed E-state index contributed by atoms with van der Waals surface area (Å²) in [6, 6.07) is 9.04. The Balaban J connectivity index is 1.80. The smallest absolute Gasteiger partial charge is 0.278 e. The first-order chi connectivity index (χ1) is 16.1. The molecule has 0 unspecified atom stereocenters. The number of anilines is 1. The van der Waals surface area contributed by atoms with Gasteiger partial charge in [-0.05, 0) is 12.1 Å². The van der Waals surface area contributed by atoms with Gasteiger partial charge in [0.05, 0.1) is 26.6 Å². The maximum atomic E-state index is 13.5. The van der Waals surface area contributed by atoms with Gasteiger partial charge in [0.25, 0.3) is 5.56 Å². The number of piperazine rings is 1. The minimum Gasteiger partial charge on any atom is -0.497 e. The highest BCUT2D eigenvalue weighted by Crippen LogP contribution is 2.30. The van der Waals surface area contributed by atoms with Crippen molar-refractivity contribution in [3.8, 4) is 11.8 Å². The third-order valence-corrected chi connectivity index (χ3v) is 5.75. The highest BCUT2D eigenvalue weighted by Gasteiger charge is 2.27. The molecule has 0 saturated carbocycles. The first-order valence-electron chi connectivity index (χ1n) is 10.7. The second kappa shape index (κ2) is 9.85. The Morgan fingerprint density at radius 2 is 2.06 bits per heavy atom. The Morgan fingerprint density at radius 3 is 2.76 bits per heavy atom. The quantitative estimate of drug-likeness (QED) is 0.506. The van der Waals surface area contributed by atoms with E-state index >= 15 is 0 Å². The third-order valence-electron chi connectivity index (χ3n) is 5.75. The Morgan fingerprint density at radius 1 is 1.27 bits per heavy atom. The van der Waals surface area contributed by atoms with Crippen molar-refractivity contribution in [3.05, 3.63) is 52.1 Å². The Kier molecular flexibility index (Phi) is 6.72. The summed E-state index contributed by atoms with van der Waals surface area (Å²) in [6.07, 6.45) is 1.34. The molecule has 1 fully saturated rings. The van der Waals surface area contributed by atoms with E-state index < -0.39 is 0 Å². The van der Waals surface area contributed by atoms with Crippen molar-refractivity contribution in [2.45, 2.75) is 13.1 Å². The average molecular weight is 450 g/mol. The lowest BCUT2D eigenvalue weighted by Crippen LogP contribution is -2.44. The number of rotatable bonds is 8. The van der Waals surface area contributed by atoms with Crippen molar-refractivity contribution < 1.29 is 14.3 Å². The van der Waals surface area contributed by atoms with E-state index in [9.17, 15) is 14.9 Å². The van der Waals surface area contributed by atoms with Gasteiger partial charge in [-0.2, -0.15) is 5.26 Å². The maximum Gasteiger partial charge on any atom is 0.278 e. The van der Waals surface area contributed by atoms with E-state index in [0.717, 1.165) is 13.1 Å². The first kappa shape index (κ1) is 22.5. The molecule has 33 heavy (non-hydrogen) atoms. The predicted molar refractivity (Wildman–Crippen MR) is 123 cm³/mol. The normalized spacial score (nSPS) is 13.8. The summed E-state index contributed by atoms with van der Waals surface area (Å²) < 4.78 is 13.6. The number of aromatic nitrogens is 3. The molecule has 10 heteroatoms. The van der Waals surface area contributed by atoms with E-state index in [0.29, 0.717) is 60.0 Å². The van der Waals surface area contributed by atoms with Gasteiger partial charge < -0.3 is 24.3 Å². The standard InChI is InChI=1S/C23H26N6O4/c1-32-11-10-29-21-20(18(13-24)22(29)27-8-6-25-7-9-27)26-15-28(23(21)31)14-19(30)16-4-3-5-17(12-16)33-2/h3-5,12,15,25H,6-11,14H2,1-2H3. The Bertz CT molecular complexity index is 1270. The van der Waals surface area contributed by atoms with E-state index in [-0.39, 0.29) is 17.9 Å². The fourth-order valence-electron chi connectivity index (χ4n) is 4.12. The minimum absolute atomic E-state index is 0.171. The second-order valence-corrected chi connectivity index (χ2v) is 7.72. The Labute approximate surface area is 190 Å². The van der Waals surface area contributed by atoms with Crippen LogP contribution in [0.5, 0.6) is 5.75 Å². The van der Waals surface area contributed by atoms with Gasteiger partial charge in [0.1, 0.15) is 34.2 Å². The van der Waals surface area contributed by atoms with Crippen molar-refractivity contribution in [1.29, 1.82) is 5.26 Å². The number of nitrogens with one attached hydrogen (secondary N) is 1. The zero-order chi connectivity index (χ0) is 23.4. The molecule has 2 aromatic heterocycles. The van der Waals surface area contributed by atoms with Gasteiger partial charge in [-0.1, -0.05) is 12.1 Å². The lowest BCUT2D eigenvalue weighted by Gasteiger charge is -2.30. The van der Waals surface area contributed by atoms with Gasteiger partial charge in [0, 0.05) is 45.4 Å². The lowest BCUT2D eigenvalue weighted by molar-refractivity contribution is 0.0970. The minimum atomic E-state index is -0.370. The van der Waals surface area contributed by atoms with Crippen LogP contribution in [0.2, 0.25) is 0 Å². The van der Waals surface area contributed by atoms with Crippen LogP contribution < -0.4 is 20.5 Å². The highest BCUT2D eigenvalue weighted by molar-refractivity contribution is 5.96. The van der Waals surface area contributed by atoms with Gasteiger partial charge in [0.2, 0.25) is 0 Å². The van der Waals surface area contributed by atoms with Crippen LogP contribution in [0.4, 0.5) is 5.82 Å². The van der Waals surface area contributed by atoms with E-state index in [1.165, 1.54) is 18.0 Å². The zero-order valence-corrected chi connectivity index (χ0v) is 18.7. The number of ketones is 1. The summed E-state index contributed by atoms with van der Waals surface area (Å²) in [7, 11) is 3.12. The van der Waals surface area contributed by atoms with Crippen LogP contribution in [0, 0.1) is 11.3 Å². The maximum absolute atomic E-state index is 13.5. The molecule has 0 aliphatic carbocycles. The van der Waals surface area contributed by atoms with Crippen molar-refractivity contribution >= 4 is 22.6 Å². The highest BCUT2D eigenvalue weighted by atomic mass is 16.5. The number of carbonyl (C=O) groups is 1. The molecule has 1 aromatic carbocycles. The van der Waals surface area contributed by atoms with Crippen LogP contribution in [0.25, 0.3) is 11.0 Å². The van der Waals surface area contributed by atoms with Gasteiger partial charge in [0.15, 0.2) is 5.78 Å². The fraction of sp³-hybridized carbons (Fsp3) is 0.391. The summed E-state index contributed by atoms with van der Waals surface area (Å²) in [6.45, 7) is 3.56. The van der Waals surface area contributed by atoms with Crippen LogP contribution in [0.3, 0.4) is 0 Å². The number of Topliss-reactive ketones (excluding diaryl/α,β-unsaturated/α-hetero) is 1. The summed E-state index contributed by atoms with van der Waals surface area (Å²) in [5.74, 6) is 0.997. The molecule has 0 radical (unpaired) electrons. The molecule has 1 aliphatic rings. The van der Waals surface area contributed by atoms with E-state index in [1.807, 2.05) is 4.57 Å². The molecule has 0 atom stereocenters. The SMILES string of the molecule is COCCn1c(N2CCNCC2)c(C#N)c2ncn(CC(=O)c3cccc(OC)c3)c(=O)c21. The molecule has 3 heterocycles. The van der Waals surface area contributed by atoms with Gasteiger partial charge in [-0.3, -0.25) is 14.2 Å². The van der Waals surface area contributed by atoms with E-state index in [4.69, 9.17) is 9.47 Å². The average Bonchev–Trinajstić information content (AvgIpc) is 3.18. The molecular formula is C23H26N6O4. The van der Waals surface area contributed by atoms with Crippen molar-refractivity contribution in [2.24, 2.45) is 0 Å². The number of nitriles is 1. The van der Waals surface area contributed by atoms with Gasteiger partial charge in [-0.25, -0.2) is 4.98 Å². The molecule has 0 spiro atoms. The number of methoxy groups -OCH3 is 2. The summed E-state index contributed by atoms with van der Waals surface area (Å²) in [4.78, 5) is 32.9. The summed E-state index contributed by atoms with van der Waals surface area (Å²) in [5.41, 5.74) is 1.09. The number of hydrogen-bond acceptors (Lipinski definition) is 8. The predicted octanol–water partition coefficient (Wildman–Crippen LogP) is 1.02. The number of fused-ring (bicyclic) bond motifs is 1. The van der Waals surface area contributed by atoms with Crippen LogP contribution in [-0.2, 0) is 17.8 Å². The van der Waals surface area contributed by atoms with Crippen LogP contribution >= 0.6 is 0 Å². The largest absolute Gasteiger partial charge is 0.497 e. The third kappa shape index (κ3) is 4.33. The number of hydrogen-bond donors (Lipinski definition) is 1. The fourth-order valence-corrected chi connectivity index (χ4v) is 4.12. The molecule has 1 saturated heterocycles. The van der Waals surface area contributed by atoms with Crippen LogP contribution in [0.1, 0.15) is 15.9 Å². The number of benzene rings is 1. The van der Waals surface area contributed by atoms with Gasteiger partial charge in [-0.15, -0.1) is 0 Å². The molecule has 172 valence electrons. The number of carbonyl (C=O) groups excluding carboxylic acids is 1. The summed E-state index contributed by atoms with van der Waals surface area (Å²) in [5, 5.41) is 13.2. The van der Waals surface area contributed by atoms with Crippen LogP contribution in [-0.4, -0.2) is 66.9 Å². The van der Waals surface area contributed by atoms with Crippen molar-refractivity contribution in [3.63, 3.8) is 0 Å². The molecule has 4 rings (SSSR count). The van der Waals surface area contributed by atoms with E-state index in [1.54, 1.807) is 31.4 Å².